The van der Waals surface area contributed by atoms with E-state index in [9.17, 15) is 0 Å². The van der Waals surface area contributed by atoms with Gasteiger partial charge in [-0.15, -0.1) is 0 Å². The van der Waals surface area contributed by atoms with Crippen LogP contribution < -0.4 is 10.6 Å². The Balaban J connectivity index is 1.70. The molecule has 0 unspecified atom stereocenters. The predicted octanol–water partition coefficient (Wildman–Crippen LogP) is 3.56. The highest BCUT2D eigenvalue weighted by Gasteiger charge is 2.12. The molecule has 0 fully saturated rings. The number of nitrogens with one attached hydrogen (secondary N) is 1. The second-order valence-electron chi connectivity index (χ2n) is 5.70. The molecule has 0 saturated heterocycles. The summed E-state index contributed by atoms with van der Waals surface area (Å²) in [6.45, 7) is 4.00. The Morgan fingerprint density at radius 1 is 1.05 bits per heavy atom. The maximum Gasteiger partial charge on any atom is 0.0456 e. The highest BCUT2D eigenvalue weighted by atomic mass is 15.1. The zero-order chi connectivity index (χ0) is 15.4. The first-order chi connectivity index (χ1) is 10.8. The van der Waals surface area contributed by atoms with Crippen LogP contribution in [0.2, 0.25) is 0 Å². The number of aromatic nitrogens is 1. The van der Waals surface area contributed by atoms with Crippen molar-refractivity contribution in [2.24, 2.45) is 5.73 Å². The van der Waals surface area contributed by atoms with E-state index in [2.05, 4.69) is 71.5 Å². The zero-order valence-corrected chi connectivity index (χ0v) is 13.0. The minimum absolute atomic E-state index is 0.111. The molecule has 2 aromatic carbocycles. The fraction of sp³-hybridized carbons (Fsp3) is 0.263. The van der Waals surface area contributed by atoms with E-state index >= 15 is 0 Å². The van der Waals surface area contributed by atoms with Gasteiger partial charge in [0.1, 0.15) is 0 Å². The van der Waals surface area contributed by atoms with Crippen LogP contribution in [-0.2, 0) is 6.42 Å². The number of fused-ring (bicyclic) bond motifs is 1. The van der Waals surface area contributed by atoms with Crippen LogP contribution in [0.15, 0.2) is 60.8 Å². The number of benzene rings is 2. The molecule has 3 aromatic rings. The summed E-state index contributed by atoms with van der Waals surface area (Å²) >= 11 is 0. The molecule has 1 heterocycles. The maximum atomic E-state index is 6.41. The molecule has 0 spiro atoms. The fourth-order valence-electron chi connectivity index (χ4n) is 2.99. The highest BCUT2D eigenvalue weighted by molar-refractivity contribution is 5.83. The summed E-state index contributed by atoms with van der Waals surface area (Å²) in [5, 5.41) is 1.28. The first-order valence-corrected chi connectivity index (χ1v) is 7.88. The van der Waals surface area contributed by atoms with Gasteiger partial charge in [0.05, 0.1) is 0 Å². The lowest BCUT2D eigenvalue weighted by Gasteiger charge is -2.26. The Morgan fingerprint density at radius 3 is 2.55 bits per heavy atom. The fourth-order valence-corrected chi connectivity index (χ4v) is 2.99. The van der Waals surface area contributed by atoms with Crippen LogP contribution in [0.25, 0.3) is 10.9 Å². The zero-order valence-electron chi connectivity index (χ0n) is 13.0. The second-order valence-corrected chi connectivity index (χ2v) is 5.70. The van der Waals surface area contributed by atoms with E-state index in [1.807, 2.05) is 6.07 Å². The molecule has 0 radical (unpaired) electrons. The minimum atomic E-state index is 0.111. The molecule has 3 rings (SSSR count). The van der Waals surface area contributed by atoms with Crippen LogP contribution in [0.5, 0.6) is 0 Å². The highest BCUT2D eigenvalue weighted by Crippen LogP contribution is 2.20. The summed E-state index contributed by atoms with van der Waals surface area (Å²) in [6, 6.07) is 19.0. The van der Waals surface area contributed by atoms with E-state index in [1.165, 1.54) is 22.2 Å². The molecule has 0 aliphatic carbocycles. The Kier molecular flexibility index (Phi) is 4.45. The van der Waals surface area contributed by atoms with Crippen LogP contribution in [0.1, 0.15) is 12.5 Å². The first-order valence-electron chi connectivity index (χ1n) is 7.88. The summed E-state index contributed by atoms with van der Waals surface area (Å²) in [5.41, 5.74) is 10.1. The van der Waals surface area contributed by atoms with E-state index in [0.29, 0.717) is 0 Å². The van der Waals surface area contributed by atoms with Gasteiger partial charge < -0.3 is 15.6 Å². The number of likely N-dealkylation sites (N-methyl/N-ethyl adjacent to an activating group) is 1. The number of hydrogen-bond donors (Lipinski definition) is 2. The van der Waals surface area contributed by atoms with Gasteiger partial charge in [0.15, 0.2) is 0 Å². The standard InChI is InChI=1S/C19H23N3/c1-2-22(17-8-4-3-5-9-17)14-16(20)12-15-13-21-19-11-7-6-10-18(15)19/h3-11,13,16,21H,2,12,14,20H2,1H3/t16-/m0/s1. The average molecular weight is 293 g/mol. The Morgan fingerprint density at radius 2 is 1.77 bits per heavy atom. The maximum absolute atomic E-state index is 6.41. The molecule has 114 valence electrons. The topological polar surface area (TPSA) is 45.0 Å². The van der Waals surface area contributed by atoms with E-state index in [1.54, 1.807) is 0 Å². The minimum Gasteiger partial charge on any atom is -0.370 e. The molecule has 0 amide bonds. The van der Waals surface area contributed by atoms with Gasteiger partial charge in [0.2, 0.25) is 0 Å². The Hall–Kier alpha value is -2.26. The predicted molar refractivity (Wildman–Crippen MR) is 94.3 cm³/mol. The number of para-hydroxylation sites is 2. The van der Waals surface area contributed by atoms with Crippen molar-refractivity contribution in [3.63, 3.8) is 0 Å². The average Bonchev–Trinajstić information content (AvgIpc) is 2.96. The Labute approximate surface area is 131 Å². The smallest absolute Gasteiger partial charge is 0.0456 e. The lowest BCUT2D eigenvalue weighted by Crippen LogP contribution is -2.38. The summed E-state index contributed by atoms with van der Waals surface area (Å²) in [4.78, 5) is 5.66. The lowest BCUT2D eigenvalue weighted by molar-refractivity contribution is 0.639. The summed E-state index contributed by atoms with van der Waals surface area (Å²) < 4.78 is 0. The van der Waals surface area contributed by atoms with E-state index in [4.69, 9.17) is 5.73 Å². The van der Waals surface area contributed by atoms with E-state index in [-0.39, 0.29) is 6.04 Å². The van der Waals surface area contributed by atoms with E-state index < -0.39 is 0 Å². The van der Waals surface area contributed by atoms with Crippen LogP contribution in [0.4, 0.5) is 5.69 Å². The molecule has 0 aliphatic heterocycles. The van der Waals surface area contributed by atoms with Crippen molar-refractivity contribution in [3.8, 4) is 0 Å². The number of hydrogen-bond acceptors (Lipinski definition) is 2. The van der Waals surface area contributed by atoms with Crippen molar-refractivity contribution < 1.29 is 0 Å². The van der Waals surface area contributed by atoms with Crippen molar-refractivity contribution in [1.29, 1.82) is 0 Å². The third-order valence-electron chi connectivity index (χ3n) is 4.11. The normalized spacial score (nSPS) is 12.5. The largest absolute Gasteiger partial charge is 0.370 e. The van der Waals surface area contributed by atoms with Gasteiger partial charge in [-0.1, -0.05) is 36.4 Å². The van der Waals surface area contributed by atoms with Crippen molar-refractivity contribution in [3.05, 3.63) is 66.4 Å². The molecule has 0 saturated carbocycles. The molecule has 22 heavy (non-hydrogen) atoms. The van der Waals surface area contributed by atoms with Crippen LogP contribution in [0, 0.1) is 0 Å². The Bertz CT molecular complexity index is 718. The van der Waals surface area contributed by atoms with Crippen LogP contribution >= 0.6 is 0 Å². The van der Waals surface area contributed by atoms with Gasteiger partial charge in [-0.05, 0) is 37.1 Å². The van der Waals surface area contributed by atoms with Gasteiger partial charge in [-0.2, -0.15) is 0 Å². The first kappa shape index (κ1) is 14.7. The third kappa shape index (κ3) is 3.15. The summed E-state index contributed by atoms with van der Waals surface area (Å²) in [5.74, 6) is 0. The van der Waals surface area contributed by atoms with Gasteiger partial charge in [0, 0.05) is 41.9 Å². The molecule has 1 aromatic heterocycles. The molecule has 3 N–H and O–H groups in total. The van der Waals surface area contributed by atoms with E-state index in [0.717, 1.165) is 19.5 Å². The molecular formula is C19H23N3. The molecule has 3 nitrogen and oxygen atoms in total. The van der Waals surface area contributed by atoms with Gasteiger partial charge in [0.25, 0.3) is 0 Å². The SMILES string of the molecule is CCN(C[C@@H](N)Cc1c[nH]c2ccccc12)c1ccccc1. The van der Waals surface area contributed by atoms with Crippen molar-refractivity contribution in [2.75, 3.05) is 18.0 Å². The lowest BCUT2D eigenvalue weighted by atomic mass is 10.0. The monoisotopic (exact) mass is 293 g/mol. The second kappa shape index (κ2) is 6.67. The van der Waals surface area contributed by atoms with Gasteiger partial charge in [-0.3, -0.25) is 0 Å². The number of anilines is 1. The van der Waals surface area contributed by atoms with Crippen molar-refractivity contribution >= 4 is 16.6 Å². The summed E-state index contributed by atoms with van der Waals surface area (Å²) in [6.07, 6.45) is 2.97. The quantitative estimate of drug-likeness (QED) is 0.730. The molecule has 1 atom stereocenters. The van der Waals surface area contributed by atoms with Gasteiger partial charge >= 0.3 is 0 Å². The van der Waals surface area contributed by atoms with Crippen LogP contribution in [-0.4, -0.2) is 24.1 Å². The van der Waals surface area contributed by atoms with Crippen molar-refractivity contribution in [2.45, 2.75) is 19.4 Å². The molecule has 0 aliphatic rings. The molecule has 3 heteroatoms. The number of nitrogens with two attached hydrogens (primary N) is 1. The summed E-state index contributed by atoms with van der Waals surface area (Å²) in [7, 11) is 0. The third-order valence-corrected chi connectivity index (χ3v) is 4.11. The molecule has 0 bridgehead atoms. The van der Waals surface area contributed by atoms with Gasteiger partial charge in [-0.25, -0.2) is 0 Å². The molecular weight excluding hydrogens is 270 g/mol. The number of nitrogens with zero attached hydrogens (tertiary/aromatic N) is 1. The number of H-pyrrole nitrogens is 1. The van der Waals surface area contributed by atoms with Crippen LogP contribution in [0.3, 0.4) is 0 Å². The number of rotatable bonds is 6. The number of aromatic amines is 1. The van der Waals surface area contributed by atoms with Crippen molar-refractivity contribution in [1.82, 2.24) is 4.98 Å².